The molecular formula is C43H74N12O14. The lowest BCUT2D eigenvalue weighted by Crippen LogP contribution is -2.62. The molecule has 0 spiro atoms. The van der Waals surface area contributed by atoms with Crippen molar-refractivity contribution in [2.75, 3.05) is 26.2 Å². The maximum atomic E-state index is 14.3. The lowest BCUT2D eigenvalue weighted by molar-refractivity contribution is -0.150. The number of hydrogen-bond acceptors (Lipinski definition) is 14. The highest BCUT2D eigenvalue weighted by molar-refractivity contribution is 5.99. The van der Waals surface area contributed by atoms with Gasteiger partial charge in [0.2, 0.25) is 47.3 Å². The first-order chi connectivity index (χ1) is 32.3. The number of nitrogens with one attached hydrogen (secondary N) is 6. The number of likely N-dealkylation sites (tertiary alicyclic amines) is 2. The molecule has 26 heteroatoms. The van der Waals surface area contributed by atoms with E-state index >= 15 is 0 Å². The monoisotopic (exact) mass is 983 g/mol. The zero-order valence-corrected chi connectivity index (χ0v) is 40.4. The van der Waals surface area contributed by atoms with Crippen LogP contribution in [0.15, 0.2) is 4.99 Å². The van der Waals surface area contributed by atoms with E-state index in [1.807, 2.05) is 0 Å². The Hall–Kier alpha value is -6.15. The molecule has 2 saturated heterocycles. The van der Waals surface area contributed by atoms with E-state index in [2.05, 4.69) is 36.9 Å². The van der Waals surface area contributed by atoms with Crippen LogP contribution < -0.4 is 49.1 Å². The van der Waals surface area contributed by atoms with Gasteiger partial charge in [-0.1, -0.05) is 48.0 Å². The first kappa shape index (κ1) is 59.0. The summed E-state index contributed by atoms with van der Waals surface area (Å²) in [5, 5.41) is 54.1. The number of carbonyl (C=O) groups excluding carboxylic acids is 8. The third kappa shape index (κ3) is 17.4. The standard InChI is InChI=1S/C43H74N12O14/c1-8-22(6)33(53-37(63)30(44)23(7)57)39(65)50-26(19-56)35(61)51-31(20(2)3)38(64)49-25(18-29(58)59)34(60)48-24(12-9-15-47-43(45)46)40(66)54-16-10-13-27(54)36(62)52-32(21(4)5)41(67)55-17-11-14-28(55)42(68)69/h20-28,30-33,56-57H,8-19,44H2,1-7H3,(H,48,60)(H,49,64)(H,50,65)(H,51,61)(H,52,62)(H,53,63)(H,58,59)(H,68,69)(H4,45,46,47)/t22-,23+,24-,25-,26-,27-,28-,30-,31-,32-,33-/m0/s1. The summed E-state index contributed by atoms with van der Waals surface area (Å²) in [6.07, 6.45) is -0.668. The number of aliphatic hydroxyl groups is 2. The molecule has 2 heterocycles. The van der Waals surface area contributed by atoms with Crippen LogP contribution in [-0.2, 0) is 47.9 Å². The van der Waals surface area contributed by atoms with Crippen molar-refractivity contribution in [1.29, 1.82) is 0 Å². The summed E-state index contributed by atoms with van der Waals surface area (Å²) in [5.74, 6) is -11.7. The summed E-state index contributed by atoms with van der Waals surface area (Å²) < 4.78 is 0. The smallest absolute Gasteiger partial charge is 0.326 e. The number of carbonyl (C=O) groups is 10. The van der Waals surface area contributed by atoms with Crippen LogP contribution in [0.3, 0.4) is 0 Å². The Bertz CT molecular complexity index is 1880. The average molecular weight is 983 g/mol. The number of amides is 8. The zero-order valence-electron chi connectivity index (χ0n) is 40.4. The Kier molecular flexibility index (Phi) is 23.7. The Morgan fingerprint density at radius 1 is 0.652 bits per heavy atom. The number of hydrogen-bond donors (Lipinski definition) is 13. The van der Waals surface area contributed by atoms with Gasteiger partial charge in [-0.25, -0.2) is 4.79 Å². The van der Waals surface area contributed by atoms with Gasteiger partial charge in [-0.3, -0.25) is 48.1 Å². The number of carboxylic acid groups (broad SMARTS) is 2. The number of aliphatic imine (C=N–C) groups is 1. The van der Waals surface area contributed by atoms with E-state index in [4.69, 9.17) is 17.2 Å². The second-order valence-corrected chi connectivity index (χ2v) is 18.2. The van der Waals surface area contributed by atoms with Crippen LogP contribution >= 0.6 is 0 Å². The summed E-state index contributed by atoms with van der Waals surface area (Å²) in [6, 6.07) is -12.4. The van der Waals surface area contributed by atoms with Crippen molar-refractivity contribution in [2.24, 2.45) is 39.9 Å². The molecule has 16 N–H and O–H groups in total. The largest absolute Gasteiger partial charge is 0.481 e. The Morgan fingerprint density at radius 3 is 1.67 bits per heavy atom. The normalized spacial score (nSPS) is 19.7. The van der Waals surface area contributed by atoms with Crippen molar-refractivity contribution < 1.29 is 68.4 Å². The van der Waals surface area contributed by atoms with Crippen molar-refractivity contribution in [3.63, 3.8) is 0 Å². The molecule has 0 bridgehead atoms. The fourth-order valence-electron chi connectivity index (χ4n) is 7.83. The summed E-state index contributed by atoms with van der Waals surface area (Å²) in [7, 11) is 0. The Morgan fingerprint density at radius 2 is 1.16 bits per heavy atom. The third-order valence-corrected chi connectivity index (χ3v) is 12.1. The molecule has 0 aromatic heterocycles. The number of aliphatic carboxylic acids is 2. The van der Waals surface area contributed by atoms with E-state index in [0.717, 1.165) is 0 Å². The fourth-order valence-corrected chi connectivity index (χ4v) is 7.83. The number of guanidine groups is 1. The van der Waals surface area contributed by atoms with E-state index in [1.54, 1.807) is 27.7 Å². The molecule has 390 valence electrons. The highest BCUT2D eigenvalue weighted by Gasteiger charge is 2.43. The SMILES string of the molecule is CC[C@H](C)[C@H](NC(=O)[C@@H](N)[C@@H](C)O)C(=O)N[C@@H](CO)C(=O)N[C@H](C(=O)N[C@@H](CC(=O)O)C(=O)N[C@@H](CCCN=C(N)N)C(=O)N1CCC[C@H]1C(=O)N[C@H](C(=O)N1CCC[C@H]1C(=O)O)C(C)C)C(C)C. The maximum Gasteiger partial charge on any atom is 0.326 e. The van der Waals surface area contributed by atoms with Gasteiger partial charge < -0.3 is 79.3 Å². The van der Waals surface area contributed by atoms with Gasteiger partial charge in [0, 0.05) is 19.6 Å². The molecule has 2 rings (SSSR count). The molecule has 0 aromatic carbocycles. The third-order valence-electron chi connectivity index (χ3n) is 12.1. The first-order valence-electron chi connectivity index (χ1n) is 23.2. The molecule has 0 aromatic rings. The van der Waals surface area contributed by atoms with Crippen molar-refractivity contribution in [2.45, 2.75) is 160 Å². The Labute approximate surface area is 401 Å². The molecule has 2 aliphatic rings. The number of rotatable bonds is 27. The van der Waals surface area contributed by atoms with Crippen molar-refractivity contribution in [3.8, 4) is 0 Å². The quantitative estimate of drug-likeness (QED) is 0.0210. The highest BCUT2D eigenvalue weighted by Crippen LogP contribution is 2.23. The van der Waals surface area contributed by atoms with E-state index < -0.39 is 150 Å². The first-order valence-corrected chi connectivity index (χ1v) is 23.2. The zero-order chi connectivity index (χ0) is 52.4. The van der Waals surface area contributed by atoms with E-state index in [9.17, 15) is 68.4 Å². The Balaban J connectivity index is 2.34. The minimum Gasteiger partial charge on any atom is -0.481 e. The van der Waals surface area contributed by atoms with E-state index in [-0.39, 0.29) is 51.3 Å². The predicted molar refractivity (Wildman–Crippen MR) is 247 cm³/mol. The molecule has 69 heavy (non-hydrogen) atoms. The lowest BCUT2D eigenvalue weighted by Gasteiger charge is -2.33. The number of aliphatic hydroxyl groups excluding tert-OH is 2. The van der Waals surface area contributed by atoms with Gasteiger partial charge in [-0.2, -0.15) is 0 Å². The van der Waals surface area contributed by atoms with Gasteiger partial charge >= 0.3 is 11.9 Å². The summed E-state index contributed by atoms with van der Waals surface area (Å²) in [4.78, 5) is 139. The minimum absolute atomic E-state index is 0.00232. The molecule has 11 atom stereocenters. The molecule has 0 saturated carbocycles. The van der Waals surface area contributed by atoms with Gasteiger partial charge in [0.15, 0.2) is 5.96 Å². The average Bonchev–Trinajstić information content (AvgIpc) is 3.99. The van der Waals surface area contributed by atoms with Crippen LogP contribution in [0.5, 0.6) is 0 Å². The molecule has 0 aliphatic carbocycles. The highest BCUT2D eigenvalue weighted by atomic mass is 16.4. The minimum atomic E-state index is -1.85. The molecule has 8 amide bonds. The number of nitrogens with zero attached hydrogens (tertiary/aromatic N) is 3. The maximum absolute atomic E-state index is 14.3. The number of nitrogens with two attached hydrogens (primary N) is 3. The van der Waals surface area contributed by atoms with Gasteiger partial charge in [0.05, 0.1) is 19.1 Å². The molecule has 26 nitrogen and oxygen atoms in total. The van der Waals surface area contributed by atoms with Crippen molar-refractivity contribution >= 4 is 65.2 Å². The summed E-state index contributed by atoms with van der Waals surface area (Å²) in [6.45, 7) is 10.3. The van der Waals surface area contributed by atoms with Crippen LogP contribution in [0.4, 0.5) is 0 Å². The summed E-state index contributed by atoms with van der Waals surface area (Å²) in [5.41, 5.74) is 16.7. The van der Waals surface area contributed by atoms with Crippen LogP contribution in [0.1, 0.15) is 99.8 Å². The van der Waals surface area contributed by atoms with Crippen LogP contribution in [0.2, 0.25) is 0 Å². The van der Waals surface area contributed by atoms with Crippen LogP contribution in [-0.4, -0.2) is 182 Å². The summed E-state index contributed by atoms with van der Waals surface area (Å²) >= 11 is 0. The second kappa shape index (κ2) is 27.7. The van der Waals surface area contributed by atoms with E-state index in [1.165, 1.54) is 30.6 Å². The van der Waals surface area contributed by atoms with Gasteiger partial charge in [-0.05, 0) is 63.2 Å². The van der Waals surface area contributed by atoms with Crippen LogP contribution in [0.25, 0.3) is 0 Å². The van der Waals surface area contributed by atoms with Gasteiger partial charge in [0.25, 0.3) is 0 Å². The van der Waals surface area contributed by atoms with Crippen molar-refractivity contribution in [1.82, 2.24) is 41.7 Å². The van der Waals surface area contributed by atoms with Crippen molar-refractivity contribution in [3.05, 3.63) is 0 Å². The van der Waals surface area contributed by atoms with Crippen LogP contribution in [0, 0.1) is 17.8 Å². The molecule has 0 radical (unpaired) electrons. The molecular weight excluding hydrogens is 909 g/mol. The lowest BCUT2D eigenvalue weighted by atomic mass is 9.97. The van der Waals surface area contributed by atoms with E-state index in [0.29, 0.717) is 19.3 Å². The van der Waals surface area contributed by atoms with Gasteiger partial charge in [-0.15, -0.1) is 0 Å². The molecule has 2 fully saturated rings. The van der Waals surface area contributed by atoms with Gasteiger partial charge in [0.1, 0.15) is 54.4 Å². The second-order valence-electron chi connectivity index (χ2n) is 18.2. The topological polar surface area (TPSA) is 421 Å². The fraction of sp³-hybridized carbons (Fsp3) is 0.744. The number of carboxylic acids is 2. The molecule has 0 unspecified atom stereocenters. The predicted octanol–water partition coefficient (Wildman–Crippen LogP) is -4.45. The molecule has 2 aliphatic heterocycles.